The fourth-order valence-electron chi connectivity index (χ4n) is 2.13. The molecular formula is C13H21N3O2. The molecule has 1 aliphatic heterocycles. The van der Waals surface area contributed by atoms with Gasteiger partial charge in [-0.15, -0.1) is 0 Å². The van der Waals surface area contributed by atoms with Gasteiger partial charge in [-0.2, -0.15) is 0 Å². The van der Waals surface area contributed by atoms with E-state index < -0.39 is 0 Å². The second-order valence-corrected chi connectivity index (χ2v) is 4.75. The normalized spacial score (nSPS) is 18.5. The van der Waals surface area contributed by atoms with Gasteiger partial charge < -0.3 is 20.0 Å². The smallest absolute Gasteiger partial charge is 0.224 e. The molecule has 5 heteroatoms. The van der Waals surface area contributed by atoms with Gasteiger partial charge in [0.05, 0.1) is 12.8 Å². The Morgan fingerprint density at radius 2 is 2.33 bits per heavy atom. The molecule has 100 valence electrons. The molecule has 1 fully saturated rings. The fourth-order valence-corrected chi connectivity index (χ4v) is 2.13. The van der Waals surface area contributed by atoms with E-state index in [9.17, 15) is 4.79 Å². The third kappa shape index (κ3) is 3.85. The van der Waals surface area contributed by atoms with Crippen LogP contribution in [0.4, 0.5) is 0 Å². The zero-order chi connectivity index (χ0) is 12.8. The van der Waals surface area contributed by atoms with Gasteiger partial charge >= 0.3 is 0 Å². The second-order valence-electron chi connectivity index (χ2n) is 4.75. The van der Waals surface area contributed by atoms with Crippen molar-refractivity contribution in [2.45, 2.75) is 13.5 Å². The lowest BCUT2D eigenvalue weighted by atomic mass is 10.1. The summed E-state index contributed by atoms with van der Waals surface area (Å²) in [5, 5.41) is 6.21. The maximum Gasteiger partial charge on any atom is 0.224 e. The van der Waals surface area contributed by atoms with Crippen LogP contribution in [-0.4, -0.2) is 43.5 Å². The van der Waals surface area contributed by atoms with Crippen molar-refractivity contribution in [1.29, 1.82) is 0 Å². The Labute approximate surface area is 108 Å². The second kappa shape index (κ2) is 6.56. The van der Waals surface area contributed by atoms with E-state index in [-0.39, 0.29) is 11.8 Å². The van der Waals surface area contributed by atoms with Crippen molar-refractivity contribution in [3.05, 3.63) is 24.2 Å². The summed E-state index contributed by atoms with van der Waals surface area (Å²) in [4.78, 5) is 14.2. The van der Waals surface area contributed by atoms with Crippen LogP contribution >= 0.6 is 0 Å². The Kier molecular flexibility index (Phi) is 4.78. The highest BCUT2D eigenvalue weighted by atomic mass is 16.3. The van der Waals surface area contributed by atoms with Crippen molar-refractivity contribution in [3.63, 3.8) is 0 Å². The molecule has 0 aliphatic carbocycles. The average Bonchev–Trinajstić information content (AvgIpc) is 2.90. The number of nitrogens with one attached hydrogen (secondary N) is 2. The van der Waals surface area contributed by atoms with Gasteiger partial charge in [-0.25, -0.2) is 0 Å². The van der Waals surface area contributed by atoms with Crippen LogP contribution in [0.25, 0.3) is 0 Å². The van der Waals surface area contributed by atoms with Crippen molar-refractivity contribution in [2.75, 3.05) is 32.7 Å². The third-order valence-electron chi connectivity index (χ3n) is 3.21. The monoisotopic (exact) mass is 251 g/mol. The summed E-state index contributed by atoms with van der Waals surface area (Å²) in [6.45, 7) is 7.34. The predicted molar refractivity (Wildman–Crippen MR) is 69.0 cm³/mol. The average molecular weight is 251 g/mol. The highest BCUT2D eigenvalue weighted by Crippen LogP contribution is 2.03. The van der Waals surface area contributed by atoms with Crippen molar-refractivity contribution in [2.24, 2.45) is 5.92 Å². The summed E-state index contributed by atoms with van der Waals surface area (Å²) in [5.74, 6) is 0.890. The first-order valence-corrected chi connectivity index (χ1v) is 6.49. The van der Waals surface area contributed by atoms with E-state index >= 15 is 0 Å². The van der Waals surface area contributed by atoms with Gasteiger partial charge in [0.1, 0.15) is 5.76 Å². The van der Waals surface area contributed by atoms with E-state index in [0.717, 1.165) is 38.5 Å². The van der Waals surface area contributed by atoms with Gasteiger partial charge in [-0.05, 0) is 12.1 Å². The van der Waals surface area contributed by atoms with Gasteiger partial charge in [0.15, 0.2) is 0 Å². The van der Waals surface area contributed by atoms with Crippen LogP contribution in [-0.2, 0) is 11.3 Å². The van der Waals surface area contributed by atoms with Crippen molar-refractivity contribution < 1.29 is 9.21 Å². The van der Waals surface area contributed by atoms with E-state index in [0.29, 0.717) is 6.54 Å². The van der Waals surface area contributed by atoms with E-state index in [1.807, 2.05) is 19.1 Å². The lowest BCUT2D eigenvalue weighted by molar-refractivity contribution is -0.125. The van der Waals surface area contributed by atoms with Gasteiger partial charge in [0.2, 0.25) is 5.91 Å². The minimum Gasteiger partial charge on any atom is -0.467 e. The molecule has 2 heterocycles. The Morgan fingerprint density at radius 3 is 3.00 bits per heavy atom. The summed E-state index contributed by atoms with van der Waals surface area (Å²) in [6, 6.07) is 3.69. The van der Waals surface area contributed by atoms with E-state index in [1.165, 1.54) is 0 Å². The third-order valence-corrected chi connectivity index (χ3v) is 3.21. The predicted octanol–water partition coefficient (Wildman–Crippen LogP) is 0.437. The quantitative estimate of drug-likeness (QED) is 0.797. The van der Waals surface area contributed by atoms with Gasteiger partial charge in [0.25, 0.3) is 0 Å². The van der Waals surface area contributed by atoms with Crippen molar-refractivity contribution >= 4 is 5.91 Å². The molecule has 1 saturated heterocycles. The van der Waals surface area contributed by atoms with Crippen molar-refractivity contribution in [1.82, 2.24) is 15.5 Å². The number of piperazine rings is 1. The van der Waals surface area contributed by atoms with Crippen LogP contribution in [0.2, 0.25) is 0 Å². The van der Waals surface area contributed by atoms with Crippen LogP contribution in [0.5, 0.6) is 0 Å². The number of furan rings is 1. The molecule has 5 nitrogen and oxygen atoms in total. The highest BCUT2D eigenvalue weighted by Gasteiger charge is 2.18. The van der Waals surface area contributed by atoms with E-state index in [2.05, 4.69) is 15.5 Å². The Bertz CT molecular complexity index is 358. The molecule has 1 unspecified atom stereocenters. The molecule has 0 radical (unpaired) electrons. The number of hydrogen-bond donors (Lipinski definition) is 2. The first-order valence-electron chi connectivity index (χ1n) is 6.49. The summed E-state index contributed by atoms with van der Waals surface area (Å²) in [6.07, 6.45) is 1.62. The number of hydrogen-bond acceptors (Lipinski definition) is 4. The van der Waals surface area contributed by atoms with Crippen LogP contribution < -0.4 is 10.6 Å². The Balaban J connectivity index is 1.70. The highest BCUT2D eigenvalue weighted by molar-refractivity contribution is 5.78. The van der Waals surface area contributed by atoms with E-state index in [1.54, 1.807) is 6.26 Å². The largest absolute Gasteiger partial charge is 0.467 e. The Morgan fingerprint density at radius 1 is 1.56 bits per heavy atom. The maximum absolute atomic E-state index is 11.9. The number of rotatable bonds is 5. The molecule has 0 aromatic carbocycles. The van der Waals surface area contributed by atoms with E-state index in [4.69, 9.17) is 4.42 Å². The molecule has 0 bridgehead atoms. The molecule has 2 N–H and O–H groups in total. The topological polar surface area (TPSA) is 57.5 Å². The maximum atomic E-state index is 11.9. The molecule has 1 amide bonds. The number of nitrogens with zero attached hydrogens (tertiary/aromatic N) is 1. The molecular weight excluding hydrogens is 230 g/mol. The zero-order valence-corrected chi connectivity index (χ0v) is 10.8. The minimum absolute atomic E-state index is 0.0121. The summed E-state index contributed by atoms with van der Waals surface area (Å²) >= 11 is 0. The molecule has 2 rings (SSSR count). The SMILES string of the molecule is CC(CN1CCNCC1)C(=O)NCc1ccco1. The van der Waals surface area contributed by atoms with Gasteiger partial charge in [-0.1, -0.05) is 6.92 Å². The lowest BCUT2D eigenvalue weighted by Gasteiger charge is -2.29. The Hall–Kier alpha value is -1.33. The van der Waals surface area contributed by atoms with Crippen LogP contribution in [0.3, 0.4) is 0 Å². The minimum atomic E-state index is 0.0121. The summed E-state index contributed by atoms with van der Waals surface area (Å²) in [5.41, 5.74) is 0. The zero-order valence-electron chi connectivity index (χ0n) is 10.8. The molecule has 0 spiro atoms. The molecule has 18 heavy (non-hydrogen) atoms. The molecule has 1 aromatic heterocycles. The standard InChI is InChI=1S/C13H21N3O2/c1-11(10-16-6-4-14-5-7-16)13(17)15-9-12-3-2-8-18-12/h2-3,8,11,14H,4-7,9-10H2,1H3,(H,15,17). The summed E-state index contributed by atoms with van der Waals surface area (Å²) < 4.78 is 5.18. The number of amides is 1. The van der Waals surface area contributed by atoms with Crippen LogP contribution in [0.15, 0.2) is 22.8 Å². The first kappa shape index (κ1) is 13.1. The van der Waals surface area contributed by atoms with Crippen molar-refractivity contribution in [3.8, 4) is 0 Å². The number of carbonyl (C=O) groups excluding carboxylic acids is 1. The molecule has 1 aliphatic rings. The molecule has 1 atom stereocenters. The summed E-state index contributed by atoms with van der Waals surface area (Å²) in [7, 11) is 0. The van der Waals surface area contributed by atoms with Gasteiger partial charge in [-0.3, -0.25) is 4.79 Å². The molecule has 1 aromatic rings. The molecule has 0 saturated carbocycles. The van der Waals surface area contributed by atoms with Gasteiger partial charge in [0, 0.05) is 38.6 Å². The first-order chi connectivity index (χ1) is 8.75. The lowest BCUT2D eigenvalue weighted by Crippen LogP contribution is -2.47. The number of carbonyl (C=O) groups is 1. The van der Waals surface area contributed by atoms with Crippen LogP contribution in [0, 0.1) is 5.92 Å². The fraction of sp³-hybridized carbons (Fsp3) is 0.615. The van der Waals surface area contributed by atoms with Crippen LogP contribution in [0.1, 0.15) is 12.7 Å².